The van der Waals surface area contributed by atoms with E-state index in [1.165, 1.54) is 0 Å². The predicted octanol–water partition coefficient (Wildman–Crippen LogP) is 1.71. The molecule has 0 radical (unpaired) electrons. The van der Waals surface area contributed by atoms with Crippen molar-refractivity contribution in [2.24, 2.45) is 5.41 Å². The van der Waals surface area contributed by atoms with Crippen molar-refractivity contribution in [3.8, 4) is 0 Å². The predicted molar refractivity (Wildman–Crippen MR) is 76.2 cm³/mol. The second-order valence-corrected chi connectivity index (χ2v) is 6.47. The van der Waals surface area contributed by atoms with Crippen LogP contribution >= 0.6 is 11.8 Å². The molecule has 1 unspecified atom stereocenters. The van der Waals surface area contributed by atoms with Gasteiger partial charge in [-0.3, -0.25) is 4.57 Å². The van der Waals surface area contributed by atoms with Crippen molar-refractivity contribution >= 4 is 11.8 Å². The van der Waals surface area contributed by atoms with Crippen LogP contribution in [-0.2, 0) is 6.54 Å². The summed E-state index contributed by atoms with van der Waals surface area (Å²) < 4.78 is 1.71. The molecule has 0 aliphatic rings. The largest absolute Gasteiger partial charge is 0.343 e. The van der Waals surface area contributed by atoms with Crippen molar-refractivity contribution in [1.82, 2.24) is 20.1 Å². The topological polar surface area (TPSA) is 62.7 Å². The van der Waals surface area contributed by atoms with Crippen molar-refractivity contribution in [1.29, 1.82) is 0 Å². The molecule has 6 heteroatoms. The molecule has 1 heterocycles. The van der Waals surface area contributed by atoms with Gasteiger partial charge in [0.15, 0.2) is 5.16 Å². The Morgan fingerprint density at radius 2 is 2.17 bits per heavy atom. The third kappa shape index (κ3) is 3.88. The summed E-state index contributed by atoms with van der Waals surface area (Å²) in [7, 11) is 1.97. The van der Waals surface area contributed by atoms with Crippen LogP contribution in [0.25, 0.3) is 0 Å². The summed E-state index contributed by atoms with van der Waals surface area (Å²) in [6, 6.07) is 0.379. The SMILES string of the molecule is CCCn1c(SCC(NC)C(C)(C)C)n[nH]c1=O. The van der Waals surface area contributed by atoms with E-state index in [0.29, 0.717) is 6.04 Å². The number of nitrogens with one attached hydrogen (secondary N) is 2. The fraction of sp³-hybridized carbons (Fsp3) is 0.833. The van der Waals surface area contributed by atoms with Crippen molar-refractivity contribution in [3.05, 3.63) is 10.5 Å². The lowest BCUT2D eigenvalue weighted by Crippen LogP contribution is -2.40. The van der Waals surface area contributed by atoms with E-state index in [1.807, 2.05) is 7.05 Å². The van der Waals surface area contributed by atoms with Gasteiger partial charge in [-0.1, -0.05) is 39.5 Å². The number of hydrogen-bond donors (Lipinski definition) is 2. The van der Waals surface area contributed by atoms with Gasteiger partial charge in [-0.25, -0.2) is 9.89 Å². The lowest BCUT2D eigenvalue weighted by atomic mass is 9.88. The Labute approximate surface area is 113 Å². The van der Waals surface area contributed by atoms with Crippen LogP contribution in [0.15, 0.2) is 9.95 Å². The molecule has 0 aromatic carbocycles. The Balaban J connectivity index is 2.71. The highest BCUT2D eigenvalue weighted by molar-refractivity contribution is 7.99. The summed E-state index contributed by atoms with van der Waals surface area (Å²) in [4.78, 5) is 11.6. The standard InChI is InChI=1S/C12H24N4OS/c1-6-7-16-10(17)14-15-11(16)18-8-9(13-5)12(2,3)4/h9,13H,6-8H2,1-5H3,(H,14,17). The number of hydrogen-bond acceptors (Lipinski definition) is 4. The van der Waals surface area contributed by atoms with Crippen molar-refractivity contribution in [3.63, 3.8) is 0 Å². The molecular weight excluding hydrogens is 248 g/mol. The summed E-state index contributed by atoms with van der Waals surface area (Å²) in [5, 5.41) is 10.7. The third-order valence-corrected chi connectivity index (χ3v) is 4.01. The molecule has 0 saturated heterocycles. The average Bonchev–Trinajstić information content (AvgIpc) is 2.61. The molecule has 0 aliphatic carbocycles. The monoisotopic (exact) mass is 272 g/mol. The van der Waals surface area contributed by atoms with E-state index in [-0.39, 0.29) is 11.1 Å². The Hall–Kier alpha value is -0.750. The minimum Gasteiger partial charge on any atom is -0.316 e. The van der Waals surface area contributed by atoms with E-state index in [0.717, 1.165) is 23.9 Å². The number of rotatable bonds is 6. The van der Waals surface area contributed by atoms with Gasteiger partial charge in [0.05, 0.1) is 0 Å². The quantitative estimate of drug-likeness (QED) is 0.774. The molecule has 1 aromatic rings. The van der Waals surface area contributed by atoms with Crippen molar-refractivity contribution in [2.75, 3.05) is 12.8 Å². The van der Waals surface area contributed by atoms with Gasteiger partial charge in [-0.2, -0.15) is 0 Å². The first-order chi connectivity index (χ1) is 8.40. The van der Waals surface area contributed by atoms with Gasteiger partial charge < -0.3 is 5.32 Å². The highest BCUT2D eigenvalue weighted by Crippen LogP contribution is 2.25. The summed E-state index contributed by atoms with van der Waals surface area (Å²) in [6.07, 6.45) is 0.932. The van der Waals surface area contributed by atoms with Gasteiger partial charge >= 0.3 is 5.69 Å². The maximum Gasteiger partial charge on any atom is 0.343 e. The van der Waals surface area contributed by atoms with Gasteiger partial charge in [0, 0.05) is 18.3 Å². The van der Waals surface area contributed by atoms with E-state index in [1.54, 1.807) is 16.3 Å². The van der Waals surface area contributed by atoms with Crippen LogP contribution in [0.2, 0.25) is 0 Å². The van der Waals surface area contributed by atoms with E-state index in [4.69, 9.17) is 0 Å². The number of aromatic amines is 1. The maximum atomic E-state index is 11.6. The van der Waals surface area contributed by atoms with Crippen LogP contribution in [-0.4, -0.2) is 33.6 Å². The van der Waals surface area contributed by atoms with Crippen molar-refractivity contribution in [2.45, 2.75) is 51.9 Å². The Morgan fingerprint density at radius 1 is 1.50 bits per heavy atom. The van der Waals surface area contributed by atoms with Crippen LogP contribution in [0.4, 0.5) is 0 Å². The molecule has 1 aromatic heterocycles. The first kappa shape index (κ1) is 15.3. The summed E-state index contributed by atoms with van der Waals surface area (Å²) >= 11 is 1.63. The first-order valence-electron chi connectivity index (χ1n) is 6.35. The highest BCUT2D eigenvalue weighted by Gasteiger charge is 2.23. The van der Waals surface area contributed by atoms with E-state index in [9.17, 15) is 4.79 Å². The average molecular weight is 272 g/mol. The number of aromatic nitrogens is 3. The second-order valence-electron chi connectivity index (χ2n) is 5.48. The normalized spacial score (nSPS) is 13.8. The smallest absolute Gasteiger partial charge is 0.316 e. The lowest BCUT2D eigenvalue weighted by molar-refractivity contribution is 0.305. The lowest BCUT2D eigenvalue weighted by Gasteiger charge is -2.29. The molecular formula is C12H24N4OS. The molecule has 1 rings (SSSR count). The zero-order valence-corrected chi connectivity index (χ0v) is 12.7. The van der Waals surface area contributed by atoms with E-state index in [2.05, 4.69) is 43.2 Å². The Bertz CT molecular complexity index is 418. The summed E-state index contributed by atoms with van der Waals surface area (Å²) in [6.45, 7) is 9.39. The number of thioether (sulfide) groups is 1. The molecule has 104 valence electrons. The minimum atomic E-state index is -0.115. The molecule has 5 nitrogen and oxygen atoms in total. The Kier molecular flexibility index (Phi) is 5.47. The fourth-order valence-electron chi connectivity index (χ4n) is 1.76. The zero-order chi connectivity index (χ0) is 13.8. The van der Waals surface area contributed by atoms with Crippen LogP contribution < -0.4 is 11.0 Å². The summed E-state index contributed by atoms with van der Waals surface area (Å²) in [5.41, 5.74) is 0.0737. The molecule has 0 spiro atoms. The fourth-order valence-corrected chi connectivity index (χ4v) is 3.18. The van der Waals surface area contributed by atoms with E-state index >= 15 is 0 Å². The van der Waals surface area contributed by atoms with E-state index < -0.39 is 0 Å². The molecule has 0 aliphatic heterocycles. The van der Waals surface area contributed by atoms with Crippen LogP contribution in [0, 0.1) is 5.41 Å². The highest BCUT2D eigenvalue weighted by atomic mass is 32.2. The molecule has 18 heavy (non-hydrogen) atoms. The maximum absolute atomic E-state index is 11.6. The third-order valence-electron chi connectivity index (χ3n) is 2.94. The molecule has 0 saturated carbocycles. The first-order valence-corrected chi connectivity index (χ1v) is 7.34. The molecule has 0 bridgehead atoms. The van der Waals surface area contributed by atoms with Gasteiger partial charge in [-0.15, -0.1) is 5.10 Å². The summed E-state index contributed by atoms with van der Waals surface area (Å²) in [5.74, 6) is 0.897. The molecule has 2 N–H and O–H groups in total. The van der Waals surface area contributed by atoms with Gasteiger partial charge in [-0.05, 0) is 18.9 Å². The van der Waals surface area contributed by atoms with Gasteiger partial charge in [0.2, 0.25) is 0 Å². The van der Waals surface area contributed by atoms with Crippen LogP contribution in [0.1, 0.15) is 34.1 Å². The second kappa shape index (κ2) is 6.43. The Morgan fingerprint density at radius 3 is 2.67 bits per heavy atom. The zero-order valence-electron chi connectivity index (χ0n) is 11.9. The minimum absolute atomic E-state index is 0.115. The molecule has 0 fully saturated rings. The molecule has 1 atom stereocenters. The molecule has 0 amide bonds. The van der Waals surface area contributed by atoms with Crippen LogP contribution in [0.3, 0.4) is 0 Å². The van der Waals surface area contributed by atoms with Crippen molar-refractivity contribution < 1.29 is 0 Å². The number of H-pyrrole nitrogens is 1. The number of nitrogens with zero attached hydrogens (tertiary/aromatic N) is 2. The van der Waals surface area contributed by atoms with Crippen LogP contribution in [0.5, 0.6) is 0 Å². The van der Waals surface area contributed by atoms with Gasteiger partial charge in [0.25, 0.3) is 0 Å². The van der Waals surface area contributed by atoms with Gasteiger partial charge in [0.1, 0.15) is 0 Å².